The topological polar surface area (TPSA) is 106 Å². The van der Waals surface area contributed by atoms with E-state index >= 15 is 0 Å². The lowest BCUT2D eigenvalue weighted by molar-refractivity contribution is -0.134. The average molecular weight is 610 g/mol. The van der Waals surface area contributed by atoms with E-state index in [4.69, 9.17) is 0 Å². The maximum absolute atomic E-state index is 14.2. The lowest BCUT2D eigenvalue weighted by Gasteiger charge is -2.40. The lowest BCUT2D eigenvalue weighted by Crippen LogP contribution is -2.52. The highest BCUT2D eigenvalue weighted by atomic mass is 32.2. The first kappa shape index (κ1) is 30.1. The number of fused-ring (bicyclic) bond motifs is 2. The molecule has 2 aliphatic rings. The van der Waals surface area contributed by atoms with Crippen LogP contribution in [-0.4, -0.2) is 56.6 Å². The summed E-state index contributed by atoms with van der Waals surface area (Å²) in [5.74, 6) is -0.114. The first-order valence-electron chi connectivity index (χ1n) is 14.2. The Balaban J connectivity index is 1.51. The summed E-state index contributed by atoms with van der Waals surface area (Å²) in [5.41, 5.74) is 2.09. The Morgan fingerprint density at radius 3 is 2.71 bits per heavy atom. The van der Waals surface area contributed by atoms with Crippen molar-refractivity contribution in [2.45, 2.75) is 56.9 Å². The number of aromatic nitrogens is 1. The monoisotopic (exact) mass is 609 g/mol. The molecule has 2 aromatic carbocycles. The molecule has 0 radical (unpaired) electrons. The van der Waals surface area contributed by atoms with E-state index in [1.165, 1.54) is 17.4 Å². The second-order valence-corrected chi connectivity index (χ2v) is 14.7. The number of likely N-dealkylation sites (tertiary alicyclic amines) is 1. The quantitative estimate of drug-likeness (QED) is 0.358. The van der Waals surface area contributed by atoms with Gasteiger partial charge in [-0.05, 0) is 73.0 Å². The largest absolute Gasteiger partial charge is 0.347 e. The molecule has 1 N–H and O–H groups in total. The van der Waals surface area contributed by atoms with E-state index in [0.717, 1.165) is 15.8 Å². The maximum atomic E-state index is 14.2. The van der Waals surface area contributed by atoms with E-state index in [9.17, 15) is 22.9 Å². The maximum Gasteiger partial charge on any atom is 0.243 e. The van der Waals surface area contributed by atoms with Crippen LogP contribution in [0.25, 0.3) is 10.2 Å². The van der Waals surface area contributed by atoms with Gasteiger partial charge in [0.15, 0.2) is 0 Å². The third-order valence-electron chi connectivity index (χ3n) is 8.10. The highest BCUT2D eigenvalue weighted by Gasteiger charge is 2.37. The number of halogens is 1. The number of alkyl halides is 1. The number of amides is 1. The van der Waals surface area contributed by atoms with Crippen LogP contribution in [0.2, 0.25) is 0 Å². The van der Waals surface area contributed by atoms with Crippen molar-refractivity contribution in [1.29, 1.82) is 5.26 Å². The minimum Gasteiger partial charge on any atom is -0.347 e. The number of nitrogens with zero attached hydrogens (tertiary/aromatic N) is 4. The van der Waals surface area contributed by atoms with Crippen molar-refractivity contribution in [1.82, 2.24) is 14.6 Å². The summed E-state index contributed by atoms with van der Waals surface area (Å²) >= 11 is 1.43. The zero-order valence-electron chi connectivity index (χ0n) is 24.0. The van der Waals surface area contributed by atoms with Gasteiger partial charge in [-0.25, -0.2) is 13.4 Å². The number of piperidine rings is 1. The van der Waals surface area contributed by atoms with Crippen LogP contribution in [0.5, 0.6) is 0 Å². The van der Waals surface area contributed by atoms with Crippen LogP contribution >= 0.6 is 11.3 Å². The van der Waals surface area contributed by atoms with Crippen molar-refractivity contribution in [3.05, 3.63) is 65.3 Å². The van der Waals surface area contributed by atoms with Crippen LogP contribution in [0.3, 0.4) is 0 Å². The van der Waals surface area contributed by atoms with Crippen molar-refractivity contribution in [2.24, 2.45) is 11.3 Å². The molecule has 1 aromatic heterocycles. The van der Waals surface area contributed by atoms with Crippen molar-refractivity contribution in [2.75, 3.05) is 31.2 Å². The van der Waals surface area contributed by atoms with Crippen molar-refractivity contribution < 1.29 is 17.6 Å². The SMILES string of the molecule is C=CN1CC(C)(C)Cc2cc(C#N)cc(S(=O)(=O)N[C@@H](Cc3nc4ccccc4s3)C(=O)N3CCC(CCF)CC3)c21. The molecular formula is C31H36FN5O3S2. The number of nitriles is 1. The molecule has 11 heteroatoms. The number of carbonyl (C=O) groups excluding carboxylic acids is 1. The van der Waals surface area contributed by atoms with Crippen LogP contribution in [0, 0.1) is 22.7 Å². The second kappa shape index (κ2) is 12.1. The van der Waals surface area contributed by atoms with Crippen LogP contribution in [-0.2, 0) is 27.7 Å². The zero-order valence-corrected chi connectivity index (χ0v) is 25.6. The Hall–Kier alpha value is -3.33. The van der Waals surface area contributed by atoms with Gasteiger partial charge in [0, 0.05) is 26.1 Å². The van der Waals surface area contributed by atoms with E-state index in [2.05, 4.69) is 36.2 Å². The third-order valence-corrected chi connectivity index (χ3v) is 10.6. The fraction of sp³-hybridized carbons (Fsp3) is 0.452. The number of para-hydroxylation sites is 1. The highest BCUT2D eigenvalue weighted by molar-refractivity contribution is 7.89. The number of benzene rings is 2. The van der Waals surface area contributed by atoms with E-state index in [1.807, 2.05) is 29.2 Å². The molecule has 3 aromatic rings. The standard InChI is InChI=1S/C31H36FN5O3S2/c1-4-36-20-31(2,3)18-23-15-22(19-33)16-27(29(23)36)42(39,40)35-25(17-28-34-24-7-5-6-8-26(24)41-28)30(38)37-13-10-21(9-12-32)11-14-37/h4-8,15-16,21,25,35H,1,9-14,17-18,20H2,2-3H3/t25-/m0/s1. The first-order chi connectivity index (χ1) is 20.0. The zero-order chi connectivity index (χ0) is 30.1. The van der Waals surface area contributed by atoms with Gasteiger partial charge in [-0.3, -0.25) is 9.18 Å². The summed E-state index contributed by atoms with van der Waals surface area (Å²) < 4.78 is 45.0. The Morgan fingerprint density at radius 1 is 1.31 bits per heavy atom. The lowest BCUT2D eigenvalue weighted by atomic mass is 9.81. The van der Waals surface area contributed by atoms with Crippen LogP contribution in [0.4, 0.5) is 10.1 Å². The van der Waals surface area contributed by atoms with Gasteiger partial charge in [0.25, 0.3) is 0 Å². The smallest absolute Gasteiger partial charge is 0.243 e. The molecule has 8 nitrogen and oxygen atoms in total. The number of thiazole rings is 1. The summed E-state index contributed by atoms with van der Waals surface area (Å²) in [7, 11) is -4.28. The molecule has 0 bridgehead atoms. The van der Waals surface area contributed by atoms with Gasteiger partial charge >= 0.3 is 0 Å². The molecule has 1 saturated heterocycles. The summed E-state index contributed by atoms with van der Waals surface area (Å²) in [4.78, 5) is 22.0. The van der Waals surface area contributed by atoms with E-state index in [-0.39, 0.29) is 40.8 Å². The predicted octanol–water partition coefficient (Wildman–Crippen LogP) is 5.19. The van der Waals surface area contributed by atoms with E-state index in [0.29, 0.717) is 56.0 Å². The molecule has 3 heterocycles. The summed E-state index contributed by atoms with van der Waals surface area (Å²) in [6, 6.07) is 11.7. The number of carbonyl (C=O) groups is 1. The van der Waals surface area contributed by atoms with Gasteiger partial charge in [0.05, 0.1) is 39.2 Å². The van der Waals surface area contributed by atoms with Gasteiger partial charge in [0.1, 0.15) is 10.9 Å². The molecule has 1 atom stereocenters. The molecule has 222 valence electrons. The molecule has 1 amide bonds. The molecule has 5 rings (SSSR count). The molecule has 1 fully saturated rings. The third kappa shape index (κ3) is 6.36. The molecular weight excluding hydrogens is 574 g/mol. The Bertz CT molecular complexity index is 1600. The Morgan fingerprint density at radius 2 is 2.05 bits per heavy atom. The van der Waals surface area contributed by atoms with Gasteiger partial charge in [-0.1, -0.05) is 32.6 Å². The minimum absolute atomic E-state index is 0.0456. The molecule has 42 heavy (non-hydrogen) atoms. The summed E-state index contributed by atoms with van der Waals surface area (Å²) in [6.45, 7) is 9.14. The fourth-order valence-electron chi connectivity index (χ4n) is 6.09. The molecule has 0 saturated carbocycles. The Kier molecular flexibility index (Phi) is 8.69. The normalized spacial score (nSPS) is 18.0. The number of sulfonamides is 1. The van der Waals surface area contributed by atoms with Crippen molar-refractivity contribution in [3.63, 3.8) is 0 Å². The van der Waals surface area contributed by atoms with Crippen molar-refractivity contribution >= 4 is 43.2 Å². The molecule has 0 aliphatic carbocycles. The molecule has 0 unspecified atom stereocenters. The van der Waals surface area contributed by atoms with Crippen molar-refractivity contribution in [3.8, 4) is 6.07 Å². The van der Waals surface area contributed by atoms with Crippen LogP contribution in [0.15, 0.2) is 54.1 Å². The second-order valence-electron chi connectivity index (χ2n) is 11.9. The van der Waals surface area contributed by atoms with Crippen LogP contribution in [0.1, 0.15) is 49.2 Å². The summed E-state index contributed by atoms with van der Waals surface area (Å²) in [5, 5.41) is 10.4. The number of hydrogen-bond acceptors (Lipinski definition) is 7. The molecule has 2 aliphatic heterocycles. The van der Waals surface area contributed by atoms with Crippen LogP contribution < -0.4 is 9.62 Å². The number of nitrogens with one attached hydrogen (secondary N) is 1. The fourth-order valence-corrected chi connectivity index (χ4v) is 8.58. The number of rotatable bonds is 9. The minimum atomic E-state index is -4.28. The summed E-state index contributed by atoms with van der Waals surface area (Å²) in [6.07, 6.45) is 4.11. The van der Waals surface area contributed by atoms with Gasteiger partial charge in [-0.15, -0.1) is 11.3 Å². The number of hydrogen-bond donors (Lipinski definition) is 1. The first-order valence-corrected chi connectivity index (χ1v) is 16.5. The predicted molar refractivity (Wildman–Crippen MR) is 164 cm³/mol. The van der Waals surface area contributed by atoms with E-state index in [1.54, 1.807) is 17.2 Å². The van der Waals surface area contributed by atoms with Gasteiger partial charge < -0.3 is 9.80 Å². The molecule has 0 spiro atoms. The highest BCUT2D eigenvalue weighted by Crippen LogP contribution is 2.41. The van der Waals surface area contributed by atoms with Gasteiger partial charge in [-0.2, -0.15) is 9.98 Å². The number of anilines is 1. The average Bonchev–Trinajstić information content (AvgIpc) is 3.37. The Labute approximate surface area is 250 Å². The van der Waals surface area contributed by atoms with E-state index < -0.39 is 16.1 Å². The van der Waals surface area contributed by atoms with Gasteiger partial charge in [0.2, 0.25) is 15.9 Å².